The number of rotatable bonds is 7. The molecule has 0 aromatic carbocycles. The minimum Gasteiger partial charge on any atom is -0.354 e. The van der Waals surface area contributed by atoms with Gasteiger partial charge in [-0.3, -0.25) is 4.79 Å². The van der Waals surface area contributed by atoms with Crippen molar-refractivity contribution >= 4 is 5.91 Å². The molecular formula is C11H25N3O. The summed E-state index contributed by atoms with van der Waals surface area (Å²) in [6.07, 6.45) is 0.987. The molecule has 0 aromatic rings. The second kappa shape index (κ2) is 6.80. The van der Waals surface area contributed by atoms with Gasteiger partial charge in [-0.05, 0) is 47.5 Å². The average Bonchev–Trinajstić information content (AvgIpc) is 2.11. The second-order valence-corrected chi connectivity index (χ2v) is 4.57. The van der Waals surface area contributed by atoms with E-state index in [-0.39, 0.29) is 5.91 Å². The summed E-state index contributed by atoms with van der Waals surface area (Å²) < 4.78 is 0. The van der Waals surface area contributed by atoms with E-state index in [1.54, 1.807) is 0 Å². The van der Waals surface area contributed by atoms with Gasteiger partial charge >= 0.3 is 0 Å². The molecule has 0 saturated heterocycles. The van der Waals surface area contributed by atoms with E-state index in [1.807, 2.05) is 34.9 Å². The summed E-state index contributed by atoms with van der Waals surface area (Å²) in [5.41, 5.74) is -0.465. The average molecular weight is 215 g/mol. The number of hydrogen-bond donors (Lipinski definition) is 2. The molecule has 4 nitrogen and oxygen atoms in total. The Labute approximate surface area is 93.4 Å². The van der Waals surface area contributed by atoms with Crippen LogP contribution in [0.4, 0.5) is 0 Å². The summed E-state index contributed by atoms with van der Waals surface area (Å²) in [5, 5.41) is 6.08. The van der Waals surface area contributed by atoms with Crippen LogP contribution >= 0.6 is 0 Å². The lowest BCUT2D eigenvalue weighted by atomic mass is 10.0. The third kappa shape index (κ3) is 6.47. The van der Waals surface area contributed by atoms with Crippen LogP contribution in [0.15, 0.2) is 0 Å². The fraction of sp³-hybridized carbons (Fsp3) is 0.909. The molecule has 90 valence electrons. The minimum absolute atomic E-state index is 0.0723. The van der Waals surface area contributed by atoms with E-state index in [0.29, 0.717) is 0 Å². The van der Waals surface area contributed by atoms with Crippen molar-refractivity contribution in [3.63, 3.8) is 0 Å². The monoisotopic (exact) mass is 215 g/mol. The molecule has 1 amide bonds. The predicted octanol–water partition coefficient (Wildman–Crippen LogP) is 0.442. The zero-order chi connectivity index (χ0) is 11.9. The molecule has 0 spiro atoms. The van der Waals surface area contributed by atoms with Gasteiger partial charge in [0.15, 0.2) is 0 Å². The normalized spacial score (nSPS) is 11.9. The van der Waals surface area contributed by atoms with Gasteiger partial charge in [-0.25, -0.2) is 0 Å². The Balaban J connectivity index is 3.73. The highest BCUT2D eigenvalue weighted by Crippen LogP contribution is 2.00. The van der Waals surface area contributed by atoms with Crippen LogP contribution in [0, 0.1) is 0 Å². The summed E-state index contributed by atoms with van der Waals surface area (Å²) >= 11 is 0. The number of nitrogens with one attached hydrogen (secondary N) is 2. The van der Waals surface area contributed by atoms with Crippen molar-refractivity contribution in [2.75, 3.05) is 33.7 Å². The SMILES string of the molecule is CCNC(C)(C)C(=O)NCCCN(C)C. The Morgan fingerprint density at radius 1 is 1.33 bits per heavy atom. The highest BCUT2D eigenvalue weighted by atomic mass is 16.2. The van der Waals surface area contributed by atoms with Gasteiger partial charge in [0.2, 0.25) is 5.91 Å². The number of carbonyl (C=O) groups is 1. The number of nitrogens with zero attached hydrogens (tertiary/aromatic N) is 1. The van der Waals surface area contributed by atoms with E-state index in [2.05, 4.69) is 15.5 Å². The standard InChI is InChI=1S/C11H25N3O/c1-6-13-11(2,3)10(15)12-8-7-9-14(4)5/h13H,6-9H2,1-5H3,(H,12,15). The Bertz CT molecular complexity index is 190. The third-order valence-corrected chi connectivity index (χ3v) is 2.25. The minimum atomic E-state index is -0.465. The molecule has 0 bridgehead atoms. The van der Waals surface area contributed by atoms with Crippen LogP contribution in [-0.2, 0) is 4.79 Å². The van der Waals surface area contributed by atoms with E-state index in [4.69, 9.17) is 0 Å². The molecule has 0 atom stereocenters. The van der Waals surface area contributed by atoms with Crippen molar-refractivity contribution in [3.05, 3.63) is 0 Å². The van der Waals surface area contributed by atoms with E-state index < -0.39 is 5.54 Å². The van der Waals surface area contributed by atoms with Gasteiger partial charge in [-0.1, -0.05) is 6.92 Å². The first-order valence-corrected chi connectivity index (χ1v) is 5.58. The van der Waals surface area contributed by atoms with Crippen LogP contribution in [0.25, 0.3) is 0 Å². The van der Waals surface area contributed by atoms with Gasteiger partial charge < -0.3 is 15.5 Å². The Morgan fingerprint density at radius 3 is 2.40 bits per heavy atom. The quantitative estimate of drug-likeness (QED) is 0.606. The van der Waals surface area contributed by atoms with Gasteiger partial charge in [-0.2, -0.15) is 0 Å². The number of hydrogen-bond acceptors (Lipinski definition) is 3. The first-order chi connectivity index (χ1) is 6.90. The first kappa shape index (κ1) is 14.4. The van der Waals surface area contributed by atoms with Crippen molar-refractivity contribution in [3.8, 4) is 0 Å². The lowest BCUT2D eigenvalue weighted by molar-refractivity contribution is -0.126. The van der Waals surface area contributed by atoms with E-state index in [9.17, 15) is 4.79 Å². The molecule has 0 aliphatic carbocycles. The maximum absolute atomic E-state index is 11.7. The van der Waals surface area contributed by atoms with Crippen molar-refractivity contribution in [2.45, 2.75) is 32.7 Å². The fourth-order valence-corrected chi connectivity index (χ4v) is 1.34. The van der Waals surface area contributed by atoms with Crippen LogP contribution in [0.3, 0.4) is 0 Å². The molecule has 0 heterocycles. The number of likely N-dealkylation sites (N-methyl/N-ethyl adjacent to an activating group) is 1. The molecule has 4 heteroatoms. The fourth-order valence-electron chi connectivity index (χ4n) is 1.34. The zero-order valence-electron chi connectivity index (χ0n) is 10.7. The van der Waals surface area contributed by atoms with Crippen LogP contribution in [0.1, 0.15) is 27.2 Å². The third-order valence-electron chi connectivity index (χ3n) is 2.25. The Morgan fingerprint density at radius 2 is 1.93 bits per heavy atom. The maximum Gasteiger partial charge on any atom is 0.239 e. The summed E-state index contributed by atoms with van der Waals surface area (Å²) in [6, 6.07) is 0. The maximum atomic E-state index is 11.7. The summed E-state index contributed by atoms with van der Waals surface area (Å²) in [6.45, 7) is 8.35. The van der Waals surface area contributed by atoms with Crippen LogP contribution < -0.4 is 10.6 Å². The van der Waals surface area contributed by atoms with Crippen molar-refractivity contribution < 1.29 is 4.79 Å². The molecule has 0 rings (SSSR count). The molecular weight excluding hydrogens is 190 g/mol. The molecule has 15 heavy (non-hydrogen) atoms. The van der Waals surface area contributed by atoms with Crippen molar-refractivity contribution in [1.82, 2.24) is 15.5 Å². The molecule has 0 unspecified atom stereocenters. The molecule has 0 saturated carbocycles. The van der Waals surface area contributed by atoms with Crippen molar-refractivity contribution in [2.24, 2.45) is 0 Å². The lowest BCUT2D eigenvalue weighted by Gasteiger charge is -2.24. The van der Waals surface area contributed by atoms with Crippen LogP contribution in [-0.4, -0.2) is 50.1 Å². The molecule has 0 aromatic heterocycles. The topological polar surface area (TPSA) is 44.4 Å². The van der Waals surface area contributed by atoms with Gasteiger partial charge in [0, 0.05) is 6.54 Å². The van der Waals surface area contributed by atoms with E-state index >= 15 is 0 Å². The summed E-state index contributed by atoms with van der Waals surface area (Å²) in [4.78, 5) is 13.8. The summed E-state index contributed by atoms with van der Waals surface area (Å²) in [5.74, 6) is 0.0723. The zero-order valence-corrected chi connectivity index (χ0v) is 10.7. The van der Waals surface area contributed by atoms with Crippen LogP contribution in [0.5, 0.6) is 0 Å². The Kier molecular flexibility index (Phi) is 6.52. The van der Waals surface area contributed by atoms with E-state index in [0.717, 1.165) is 26.1 Å². The Hall–Kier alpha value is -0.610. The van der Waals surface area contributed by atoms with E-state index in [1.165, 1.54) is 0 Å². The molecule has 0 radical (unpaired) electrons. The molecule has 0 aliphatic rings. The largest absolute Gasteiger partial charge is 0.354 e. The number of amides is 1. The van der Waals surface area contributed by atoms with Gasteiger partial charge in [-0.15, -0.1) is 0 Å². The predicted molar refractivity (Wildman–Crippen MR) is 63.9 cm³/mol. The van der Waals surface area contributed by atoms with Crippen molar-refractivity contribution in [1.29, 1.82) is 0 Å². The van der Waals surface area contributed by atoms with Crippen LogP contribution in [0.2, 0.25) is 0 Å². The van der Waals surface area contributed by atoms with Gasteiger partial charge in [0.25, 0.3) is 0 Å². The smallest absolute Gasteiger partial charge is 0.239 e. The number of carbonyl (C=O) groups excluding carboxylic acids is 1. The molecule has 2 N–H and O–H groups in total. The highest BCUT2D eigenvalue weighted by molar-refractivity contribution is 5.85. The molecule has 0 fully saturated rings. The first-order valence-electron chi connectivity index (χ1n) is 5.58. The lowest BCUT2D eigenvalue weighted by Crippen LogP contribution is -2.52. The molecule has 0 aliphatic heterocycles. The summed E-state index contributed by atoms with van der Waals surface area (Å²) in [7, 11) is 4.06. The highest BCUT2D eigenvalue weighted by Gasteiger charge is 2.25. The van der Waals surface area contributed by atoms with Gasteiger partial charge in [0.05, 0.1) is 5.54 Å². The second-order valence-electron chi connectivity index (χ2n) is 4.57. The van der Waals surface area contributed by atoms with Gasteiger partial charge in [0.1, 0.15) is 0 Å².